The number of nitrogens with zero attached hydrogens (tertiary/aromatic N) is 1. The van der Waals surface area contributed by atoms with E-state index in [0.717, 1.165) is 18.1 Å². The SMILES string of the molecule is C1CCCCCC(N(C2CCCCCCCCCC2)C2CCCCCCCCCC2)CCCC1. The lowest BCUT2D eigenvalue weighted by atomic mass is 9.89. The molecular weight excluding hydrogens is 410 g/mol. The molecule has 0 aliphatic heterocycles. The Hall–Kier alpha value is -0.0400. The van der Waals surface area contributed by atoms with Gasteiger partial charge >= 0.3 is 0 Å². The van der Waals surface area contributed by atoms with Crippen molar-refractivity contribution in [1.82, 2.24) is 4.90 Å². The van der Waals surface area contributed by atoms with Crippen LogP contribution in [-0.4, -0.2) is 23.0 Å². The summed E-state index contributed by atoms with van der Waals surface area (Å²) in [6, 6.07) is 2.68. The molecule has 0 N–H and O–H groups in total. The highest BCUT2D eigenvalue weighted by molar-refractivity contribution is 4.87. The van der Waals surface area contributed by atoms with Crippen molar-refractivity contribution in [3.05, 3.63) is 0 Å². The van der Waals surface area contributed by atoms with E-state index in [1.165, 1.54) is 193 Å². The summed E-state index contributed by atoms with van der Waals surface area (Å²) in [7, 11) is 0. The molecule has 0 amide bonds. The van der Waals surface area contributed by atoms with Crippen molar-refractivity contribution in [2.24, 2.45) is 0 Å². The van der Waals surface area contributed by atoms with Gasteiger partial charge in [-0.1, -0.05) is 154 Å². The Balaban J connectivity index is 1.77. The summed E-state index contributed by atoms with van der Waals surface area (Å²) in [6.45, 7) is 0. The summed E-state index contributed by atoms with van der Waals surface area (Å²) in [5.74, 6) is 0. The summed E-state index contributed by atoms with van der Waals surface area (Å²) in [5.41, 5.74) is 0. The maximum atomic E-state index is 3.29. The van der Waals surface area contributed by atoms with Crippen molar-refractivity contribution in [2.45, 2.75) is 211 Å². The lowest BCUT2D eigenvalue weighted by Crippen LogP contribution is -2.50. The predicted octanol–water partition coefficient (Wildman–Crippen LogP) is 11.1. The molecule has 0 saturated heterocycles. The molecule has 0 heterocycles. The Morgan fingerprint density at radius 2 is 0.353 bits per heavy atom. The smallest absolute Gasteiger partial charge is 0.0101 e. The molecule has 0 bridgehead atoms. The lowest BCUT2D eigenvalue weighted by molar-refractivity contribution is 0.0413. The van der Waals surface area contributed by atoms with E-state index in [9.17, 15) is 0 Å². The molecule has 34 heavy (non-hydrogen) atoms. The fourth-order valence-electron chi connectivity index (χ4n) is 7.68. The third kappa shape index (κ3) is 11.8. The minimum absolute atomic E-state index is 0.892. The van der Waals surface area contributed by atoms with E-state index in [1.807, 2.05) is 0 Å². The van der Waals surface area contributed by atoms with Crippen LogP contribution in [0.15, 0.2) is 0 Å². The zero-order chi connectivity index (χ0) is 23.5. The highest BCUT2D eigenvalue weighted by Crippen LogP contribution is 2.33. The van der Waals surface area contributed by atoms with E-state index in [0.29, 0.717) is 0 Å². The summed E-state index contributed by atoms with van der Waals surface area (Å²) in [5, 5.41) is 0. The Morgan fingerprint density at radius 1 is 0.206 bits per heavy atom. The van der Waals surface area contributed by atoms with Crippen molar-refractivity contribution >= 4 is 0 Å². The molecule has 1 nitrogen and oxygen atoms in total. The van der Waals surface area contributed by atoms with Crippen LogP contribution in [0.4, 0.5) is 0 Å². The van der Waals surface area contributed by atoms with Crippen molar-refractivity contribution in [3.8, 4) is 0 Å². The molecule has 0 radical (unpaired) electrons. The maximum Gasteiger partial charge on any atom is 0.0101 e. The average molecular weight is 474 g/mol. The Kier molecular flexibility index (Phi) is 16.0. The van der Waals surface area contributed by atoms with E-state index in [4.69, 9.17) is 0 Å². The normalized spacial score (nSPS) is 26.7. The fourth-order valence-corrected chi connectivity index (χ4v) is 7.68. The topological polar surface area (TPSA) is 3.24 Å². The van der Waals surface area contributed by atoms with Crippen LogP contribution < -0.4 is 0 Å². The molecule has 0 aromatic carbocycles. The Bertz CT molecular complexity index is 357. The second-order valence-electron chi connectivity index (χ2n) is 12.6. The van der Waals surface area contributed by atoms with Crippen LogP contribution in [0, 0.1) is 0 Å². The van der Waals surface area contributed by atoms with Gasteiger partial charge < -0.3 is 0 Å². The minimum atomic E-state index is 0.892. The van der Waals surface area contributed by atoms with Crippen LogP contribution in [0.5, 0.6) is 0 Å². The van der Waals surface area contributed by atoms with E-state index in [-0.39, 0.29) is 0 Å². The first-order valence-electron chi connectivity index (χ1n) is 16.7. The summed E-state index contributed by atoms with van der Waals surface area (Å²) < 4.78 is 0. The van der Waals surface area contributed by atoms with E-state index >= 15 is 0 Å². The van der Waals surface area contributed by atoms with Crippen LogP contribution >= 0.6 is 0 Å². The predicted molar refractivity (Wildman–Crippen MR) is 152 cm³/mol. The van der Waals surface area contributed by atoms with Gasteiger partial charge in [0.15, 0.2) is 0 Å². The number of hydrogen-bond donors (Lipinski definition) is 0. The second kappa shape index (κ2) is 19.1. The largest absolute Gasteiger partial charge is 0.294 e. The van der Waals surface area contributed by atoms with Crippen LogP contribution in [0.3, 0.4) is 0 Å². The lowest BCUT2D eigenvalue weighted by Gasteiger charge is -2.45. The van der Waals surface area contributed by atoms with E-state index in [2.05, 4.69) is 4.90 Å². The quantitative estimate of drug-likeness (QED) is 0.394. The Morgan fingerprint density at radius 3 is 0.529 bits per heavy atom. The van der Waals surface area contributed by atoms with Gasteiger partial charge in [-0.25, -0.2) is 0 Å². The van der Waals surface area contributed by atoms with Crippen molar-refractivity contribution in [2.75, 3.05) is 0 Å². The van der Waals surface area contributed by atoms with Gasteiger partial charge in [0, 0.05) is 18.1 Å². The second-order valence-corrected chi connectivity index (χ2v) is 12.6. The third-order valence-electron chi connectivity index (χ3n) is 9.74. The molecule has 0 atom stereocenters. The van der Waals surface area contributed by atoms with Gasteiger partial charge in [0.2, 0.25) is 0 Å². The third-order valence-corrected chi connectivity index (χ3v) is 9.74. The first-order chi connectivity index (χ1) is 16.9. The summed E-state index contributed by atoms with van der Waals surface area (Å²) in [6.07, 6.45) is 45.0. The van der Waals surface area contributed by atoms with Gasteiger partial charge in [0.1, 0.15) is 0 Å². The minimum Gasteiger partial charge on any atom is -0.294 e. The van der Waals surface area contributed by atoms with Crippen molar-refractivity contribution < 1.29 is 0 Å². The van der Waals surface area contributed by atoms with E-state index in [1.54, 1.807) is 0 Å². The fraction of sp³-hybridized carbons (Fsp3) is 1.00. The molecule has 0 aromatic heterocycles. The van der Waals surface area contributed by atoms with Gasteiger partial charge in [0.05, 0.1) is 0 Å². The number of hydrogen-bond acceptors (Lipinski definition) is 1. The molecular formula is C33H63N. The first-order valence-corrected chi connectivity index (χ1v) is 16.7. The van der Waals surface area contributed by atoms with Crippen molar-refractivity contribution in [1.29, 1.82) is 0 Å². The zero-order valence-corrected chi connectivity index (χ0v) is 23.4. The van der Waals surface area contributed by atoms with E-state index < -0.39 is 0 Å². The van der Waals surface area contributed by atoms with Gasteiger partial charge in [0.25, 0.3) is 0 Å². The molecule has 1 heteroatoms. The van der Waals surface area contributed by atoms with Crippen molar-refractivity contribution in [3.63, 3.8) is 0 Å². The Labute approximate surface area is 215 Å². The van der Waals surface area contributed by atoms with Gasteiger partial charge in [-0.15, -0.1) is 0 Å². The highest BCUT2D eigenvalue weighted by atomic mass is 15.2. The molecule has 0 spiro atoms. The van der Waals surface area contributed by atoms with Crippen LogP contribution in [0.25, 0.3) is 0 Å². The first kappa shape index (κ1) is 28.5. The molecule has 200 valence electrons. The van der Waals surface area contributed by atoms with Crippen LogP contribution in [-0.2, 0) is 0 Å². The van der Waals surface area contributed by atoms with Crippen LogP contribution in [0.2, 0.25) is 0 Å². The van der Waals surface area contributed by atoms with Gasteiger partial charge in [-0.05, 0) is 38.5 Å². The maximum absolute atomic E-state index is 3.29. The number of rotatable bonds is 3. The molecule has 0 aromatic rings. The summed E-state index contributed by atoms with van der Waals surface area (Å²) >= 11 is 0. The van der Waals surface area contributed by atoms with Gasteiger partial charge in [-0.2, -0.15) is 0 Å². The zero-order valence-electron chi connectivity index (χ0n) is 23.4. The molecule has 3 aliphatic carbocycles. The highest BCUT2D eigenvalue weighted by Gasteiger charge is 2.31. The van der Waals surface area contributed by atoms with Gasteiger partial charge in [-0.3, -0.25) is 4.90 Å². The molecule has 3 aliphatic rings. The molecule has 3 rings (SSSR count). The molecule has 0 unspecified atom stereocenters. The molecule has 3 saturated carbocycles. The molecule has 3 fully saturated rings. The standard InChI is InChI=1S/C33H63N/c1-2-8-14-20-26-31(25-19-13-7-1)34(32-27-21-15-9-3-4-10-16-22-28-32)33-29-23-17-11-5-6-12-18-24-30-33/h31-33H,1-30H2. The van der Waals surface area contributed by atoms with Crippen LogP contribution in [0.1, 0.15) is 193 Å². The summed E-state index contributed by atoms with van der Waals surface area (Å²) in [4.78, 5) is 3.29. The average Bonchev–Trinajstić information content (AvgIpc) is 2.99. The monoisotopic (exact) mass is 473 g/mol.